The molecule has 10 nitrogen and oxygen atoms in total. The highest BCUT2D eigenvalue weighted by Crippen LogP contribution is 2.31. The Balaban J connectivity index is 1.62. The lowest BCUT2D eigenvalue weighted by molar-refractivity contribution is -0.141. The molecule has 10 heteroatoms. The molecule has 1 aliphatic rings. The predicted octanol–water partition coefficient (Wildman–Crippen LogP) is 0.663. The molecule has 1 fully saturated rings. The second-order valence-electron chi connectivity index (χ2n) is 7.09. The number of nitrogens with one attached hydrogen (secondary N) is 1. The fourth-order valence-electron chi connectivity index (χ4n) is 3.59. The zero-order valence-corrected chi connectivity index (χ0v) is 16.4. The number of nitrogens with zero attached hydrogens (tertiary/aromatic N) is 4. The molecule has 3 N–H and O–H groups in total. The number of hydrogen-bond donors (Lipinski definition) is 3. The molecule has 1 saturated heterocycles. The van der Waals surface area contributed by atoms with Crippen LogP contribution in [-0.2, 0) is 20.7 Å². The van der Waals surface area contributed by atoms with Crippen molar-refractivity contribution in [3.8, 4) is 0 Å². The van der Waals surface area contributed by atoms with Crippen molar-refractivity contribution >= 4 is 23.0 Å². The smallest absolute Gasteiger partial charge is 0.328 e. The van der Waals surface area contributed by atoms with Crippen LogP contribution in [0.1, 0.15) is 18.2 Å². The van der Waals surface area contributed by atoms with Crippen LogP contribution in [0.2, 0.25) is 0 Å². The van der Waals surface area contributed by atoms with Gasteiger partial charge in [0.2, 0.25) is 0 Å². The number of esters is 1. The highest BCUT2D eigenvalue weighted by molar-refractivity contribution is 5.86. The van der Waals surface area contributed by atoms with Crippen molar-refractivity contribution < 1.29 is 24.5 Å². The molecule has 0 aliphatic carbocycles. The SMILES string of the molecule is COC(=O)[C@@H](Cc1ccccc1)Nc1ncnc2c1ncn2[C@@H]1O[C@H](CO)CC1O. The van der Waals surface area contributed by atoms with Gasteiger partial charge in [-0.1, -0.05) is 30.3 Å². The van der Waals surface area contributed by atoms with Crippen molar-refractivity contribution in [2.24, 2.45) is 0 Å². The van der Waals surface area contributed by atoms with Crippen molar-refractivity contribution in [1.29, 1.82) is 0 Å². The first kappa shape index (κ1) is 20.2. The molecule has 2 aromatic heterocycles. The van der Waals surface area contributed by atoms with Crippen molar-refractivity contribution in [1.82, 2.24) is 19.5 Å². The van der Waals surface area contributed by atoms with E-state index in [9.17, 15) is 15.0 Å². The Bertz CT molecular complexity index is 1010. The second-order valence-corrected chi connectivity index (χ2v) is 7.09. The number of hydrogen-bond acceptors (Lipinski definition) is 9. The third-order valence-corrected chi connectivity index (χ3v) is 5.08. The molecular weight excluding hydrogens is 390 g/mol. The summed E-state index contributed by atoms with van der Waals surface area (Å²) in [4.78, 5) is 25.2. The Morgan fingerprint density at radius 3 is 2.83 bits per heavy atom. The number of imidazole rings is 1. The fourth-order valence-corrected chi connectivity index (χ4v) is 3.59. The van der Waals surface area contributed by atoms with Crippen LogP contribution in [0.5, 0.6) is 0 Å². The van der Waals surface area contributed by atoms with Crippen LogP contribution in [0.3, 0.4) is 0 Å². The Morgan fingerprint density at radius 1 is 1.33 bits per heavy atom. The van der Waals surface area contributed by atoms with Crippen LogP contribution in [0.25, 0.3) is 11.2 Å². The Hall–Kier alpha value is -3.08. The second kappa shape index (κ2) is 8.74. The van der Waals surface area contributed by atoms with Crippen LogP contribution < -0.4 is 5.32 Å². The average Bonchev–Trinajstić information content (AvgIpc) is 3.37. The van der Waals surface area contributed by atoms with Gasteiger partial charge in [-0.3, -0.25) is 4.57 Å². The van der Waals surface area contributed by atoms with Gasteiger partial charge in [0.15, 0.2) is 23.2 Å². The number of rotatable bonds is 7. The molecule has 0 saturated carbocycles. The number of carbonyl (C=O) groups is 1. The van der Waals surface area contributed by atoms with E-state index >= 15 is 0 Å². The Labute approximate surface area is 172 Å². The lowest BCUT2D eigenvalue weighted by atomic mass is 10.1. The van der Waals surface area contributed by atoms with Gasteiger partial charge >= 0.3 is 5.97 Å². The molecule has 4 atom stereocenters. The summed E-state index contributed by atoms with van der Waals surface area (Å²) < 4.78 is 12.2. The van der Waals surface area contributed by atoms with Gasteiger partial charge in [0.25, 0.3) is 0 Å². The van der Waals surface area contributed by atoms with Crippen molar-refractivity contribution in [3.05, 3.63) is 48.5 Å². The number of fused-ring (bicyclic) bond motifs is 1. The van der Waals surface area contributed by atoms with E-state index in [2.05, 4.69) is 20.3 Å². The van der Waals surface area contributed by atoms with Crippen LogP contribution in [0, 0.1) is 0 Å². The number of benzene rings is 1. The molecular formula is C20H23N5O5. The summed E-state index contributed by atoms with van der Waals surface area (Å²) in [5, 5.41) is 22.7. The summed E-state index contributed by atoms with van der Waals surface area (Å²) in [7, 11) is 1.34. The summed E-state index contributed by atoms with van der Waals surface area (Å²) in [5.74, 6) is -0.0540. The maximum atomic E-state index is 12.4. The number of aliphatic hydroxyl groups excluding tert-OH is 2. The lowest BCUT2D eigenvalue weighted by Gasteiger charge is -2.18. The summed E-state index contributed by atoms with van der Waals surface area (Å²) >= 11 is 0. The normalized spacial score (nSPS) is 22.2. The topological polar surface area (TPSA) is 132 Å². The summed E-state index contributed by atoms with van der Waals surface area (Å²) in [6.45, 7) is -0.178. The Kier molecular flexibility index (Phi) is 5.88. The first-order valence-electron chi connectivity index (χ1n) is 9.61. The van der Waals surface area contributed by atoms with E-state index in [1.165, 1.54) is 19.8 Å². The predicted molar refractivity (Wildman–Crippen MR) is 107 cm³/mol. The van der Waals surface area contributed by atoms with Gasteiger partial charge in [-0.25, -0.2) is 19.7 Å². The number of aromatic nitrogens is 4. The van der Waals surface area contributed by atoms with Gasteiger partial charge in [0.1, 0.15) is 18.5 Å². The minimum absolute atomic E-state index is 0.178. The zero-order chi connectivity index (χ0) is 21.1. The minimum atomic E-state index is -0.799. The lowest BCUT2D eigenvalue weighted by Crippen LogP contribution is -2.33. The molecule has 1 unspecified atom stereocenters. The van der Waals surface area contributed by atoms with Crippen LogP contribution >= 0.6 is 0 Å². The number of methoxy groups -OCH3 is 1. The highest BCUT2D eigenvalue weighted by atomic mass is 16.5. The quantitative estimate of drug-likeness (QED) is 0.478. The van der Waals surface area contributed by atoms with Gasteiger partial charge < -0.3 is 25.0 Å². The van der Waals surface area contributed by atoms with Gasteiger partial charge in [-0.05, 0) is 5.56 Å². The van der Waals surface area contributed by atoms with Crippen LogP contribution in [-0.4, -0.2) is 67.7 Å². The number of anilines is 1. The first-order chi connectivity index (χ1) is 14.6. The molecule has 0 radical (unpaired) electrons. The van der Waals surface area contributed by atoms with E-state index in [1.54, 1.807) is 4.57 Å². The summed E-state index contributed by atoms with van der Waals surface area (Å²) in [6.07, 6.45) is 1.62. The third-order valence-electron chi connectivity index (χ3n) is 5.08. The maximum absolute atomic E-state index is 12.4. The van der Waals surface area contributed by atoms with Gasteiger partial charge in [0.05, 0.1) is 26.1 Å². The third kappa shape index (κ3) is 3.97. The fraction of sp³-hybridized carbons (Fsp3) is 0.400. The van der Waals surface area contributed by atoms with Crippen LogP contribution in [0.15, 0.2) is 43.0 Å². The van der Waals surface area contributed by atoms with E-state index in [0.717, 1.165) is 5.56 Å². The van der Waals surface area contributed by atoms with Crippen LogP contribution in [0.4, 0.5) is 5.82 Å². The van der Waals surface area contributed by atoms with E-state index < -0.39 is 30.4 Å². The number of ether oxygens (including phenoxy) is 2. The van der Waals surface area contributed by atoms with Crippen molar-refractivity contribution in [2.75, 3.05) is 19.0 Å². The molecule has 158 valence electrons. The summed E-state index contributed by atoms with van der Waals surface area (Å²) in [5.41, 5.74) is 1.84. The molecule has 0 spiro atoms. The molecule has 4 rings (SSSR count). The molecule has 0 bridgehead atoms. The standard InChI is InChI=1S/C20H23N5O5/c1-29-20(28)14(7-12-5-3-2-4-6-12)24-17-16-18(22-10-21-17)25(11-23-16)19-15(27)8-13(9-26)30-19/h2-6,10-11,13-15,19,26-27H,7-9H2,1H3,(H,21,22,24)/t13-,14+,15?,19+/m0/s1. The molecule has 0 amide bonds. The first-order valence-corrected chi connectivity index (χ1v) is 9.61. The largest absolute Gasteiger partial charge is 0.467 e. The molecule has 3 aromatic rings. The molecule has 3 heterocycles. The van der Waals surface area contributed by atoms with Gasteiger partial charge in [-0.2, -0.15) is 0 Å². The molecule has 1 aromatic carbocycles. The number of carbonyl (C=O) groups excluding carboxylic acids is 1. The molecule has 1 aliphatic heterocycles. The van der Waals surface area contributed by atoms with E-state index in [-0.39, 0.29) is 6.61 Å². The monoisotopic (exact) mass is 413 g/mol. The molecule has 30 heavy (non-hydrogen) atoms. The maximum Gasteiger partial charge on any atom is 0.328 e. The van der Waals surface area contributed by atoms with Gasteiger partial charge in [-0.15, -0.1) is 0 Å². The zero-order valence-electron chi connectivity index (χ0n) is 16.4. The van der Waals surface area contributed by atoms with E-state index in [4.69, 9.17) is 9.47 Å². The van der Waals surface area contributed by atoms with E-state index in [0.29, 0.717) is 29.8 Å². The highest BCUT2D eigenvalue weighted by Gasteiger charge is 2.36. The van der Waals surface area contributed by atoms with E-state index in [1.807, 2.05) is 30.3 Å². The van der Waals surface area contributed by atoms with Crippen molar-refractivity contribution in [2.45, 2.75) is 37.3 Å². The summed E-state index contributed by atoms with van der Waals surface area (Å²) in [6, 6.07) is 8.90. The Morgan fingerprint density at radius 2 is 2.13 bits per heavy atom. The average molecular weight is 413 g/mol. The van der Waals surface area contributed by atoms with Gasteiger partial charge in [0, 0.05) is 12.8 Å². The number of aliphatic hydroxyl groups is 2. The van der Waals surface area contributed by atoms with Crippen molar-refractivity contribution in [3.63, 3.8) is 0 Å². The minimum Gasteiger partial charge on any atom is -0.467 e.